The average Bonchev–Trinajstić information content (AvgIpc) is 3.24. The average molecular weight is 420 g/mol. The molecule has 3 amide bonds. The lowest BCUT2D eigenvalue weighted by Gasteiger charge is -2.31. The Morgan fingerprint density at radius 2 is 1.83 bits per heavy atom. The first-order valence-electron chi connectivity index (χ1n) is 9.83. The van der Waals surface area contributed by atoms with Gasteiger partial charge in [-0.15, -0.1) is 11.3 Å². The molecular weight excluding hydrogens is 400 g/mol. The van der Waals surface area contributed by atoms with E-state index in [1.54, 1.807) is 11.3 Å². The molecule has 0 saturated carbocycles. The summed E-state index contributed by atoms with van der Waals surface area (Å²) in [5, 5.41) is 3.98. The molecule has 2 aromatic carbocycles. The van der Waals surface area contributed by atoms with E-state index >= 15 is 0 Å². The monoisotopic (exact) mass is 420 g/mol. The number of hydrogen-bond acceptors (Lipinski definition) is 5. The molecule has 1 N–H and O–H groups in total. The number of likely N-dealkylation sites (tertiary alicyclic amines) is 1. The van der Waals surface area contributed by atoms with Crippen LogP contribution in [0, 0.1) is 11.8 Å². The SMILES string of the molecule is CN1C(=O)[C@H]2[C@H](Cc3c(sc4ccccc34)[C@H]2NC(=O)OCc2ccccc2)C1=O. The van der Waals surface area contributed by atoms with Crippen molar-refractivity contribution in [3.8, 4) is 0 Å². The molecule has 0 unspecified atom stereocenters. The number of nitrogens with zero attached hydrogens (tertiary/aromatic N) is 1. The van der Waals surface area contributed by atoms with Crippen LogP contribution in [0.5, 0.6) is 0 Å². The number of alkyl carbamates (subject to hydrolysis) is 1. The summed E-state index contributed by atoms with van der Waals surface area (Å²) in [4.78, 5) is 40.3. The van der Waals surface area contributed by atoms with E-state index in [2.05, 4.69) is 5.32 Å². The molecule has 1 aliphatic carbocycles. The van der Waals surface area contributed by atoms with Gasteiger partial charge in [0.15, 0.2) is 0 Å². The Bertz CT molecular complexity index is 1160. The summed E-state index contributed by atoms with van der Waals surface area (Å²) in [6.07, 6.45) is -0.0846. The number of rotatable bonds is 3. The molecule has 3 atom stereocenters. The van der Waals surface area contributed by atoms with Gasteiger partial charge in [0.2, 0.25) is 11.8 Å². The van der Waals surface area contributed by atoms with Gasteiger partial charge in [-0.05, 0) is 29.0 Å². The molecule has 2 aliphatic rings. The molecule has 30 heavy (non-hydrogen) atoms. The second-order valence-electron chi connectivity index (χ2n) is 7.70. The van der Waals surface area contributed by atoms with Crippen molar-refractivity contribution in [1.82, 2.24) is 10.2 Å². The fraction of sp³-hybridized carbons (Fsp3) is 0.261. The minimum absolute atomic E-state index is 0.138. The third kappa shape index (κ3) is 2.97. The molecule has 1 aromatic heterocycles. The van der Waals surface area contributed by atoms with Gasteiger partial charge in [0, 0.05) is 16.6 Å². The number of benzene rings is 2. The van der Waals surface area contributed by atoms with Crippen LogP contribution >= 0.6 is 11.3 Å². The summed E-state index contributed by atoms with van der Waals surface area (Å²) in [5.41, 5.74) is 1.92. The number of carbonyl (C=O) groups is 3. The quantitative estimate of drug-likeness (QED) is 0.656. The molecule has 1 fully saturated rings. The largest absolute Gasteiger partial charge is 0.445 e. The van der Waals surface area contributed by atoms with Gasteiger partial charge in [0.05, 0.1) is 17.9 Å². The van der Waals surface area contributed by atoms with Crippen molar-refractivity contribution in [2.75, 3.05) is 7.05 Å². The highest BCUT2D eigenvalue weighted by atomic mass is 32.1. The first-order chi connectivity index (χ1) is 14.5. The Hall–Kier alpha value is -3.19. The number of hydrogen-bond donors (Lipinski definition) is 1. The summed E-state index contributed by atoms with van der Waals surface area (Å²) >= 11 is 1.57. The van der Waals surface area contributed by atoms with E-state index in [9.17, 15) is 14.4 Å². The third-order valence-electron chi connectivity index (χ3n) is 5.98. The second kappa shape index (κ2) is 7.25. The fourth-order valence-corrected chi connectivity index (χ4v) is 5.84. The third-order valence-corrected chi connectivity index (χ3v) is 7.27. The molecule has 2 heterocycles. The molecule has 0 spiro atoms. The minimum atomic E-state index is -0.604. The molecule has 1 aliphatic heterocycles. The van der Waals surface area contributed by atoms with Gasteiger partial charge in [-0.2, -0.15) is 0 Å². The van der Waals surface area contributed by atoms with Crippen molar-refractivity contribution in [3.63, 3.8) is 0 Å². The predicted molar refractivity (Wildman–Crippen MR) is 113 cm³/mol. The minimum Gasteiger partial charge on any atom is -0.445 e. The van der Waals surface area contributed by atoms with Crippen LogP contribution in [0.25, 0.3) is 10.1 Å². The zero-order valence-corrected chi connectivity index (χ0v) is 17.1. The van der Waals surface area contributed by atoms with Crippen molar-refractivity contribution in [1.29, 1.82) is 0 Å². The Labute approximate surface area is 177 Å². The van der Waals surface area contributed by atoms with E-state index in [1.807, 2.05) is 54.6 Å². The number of imide groups is 1. The molecular formula is C23H20N2O4S. The lowest BCUT2D eigenvalue weighted by atomic mass is 9.76. The van der Waals surface area contributed by atoms with Crippen LogP contribution < -0.4 is 5.32 Å². The summed E-state index contributed by atoms with van der Waals surface area (Å²) < 4.78 is 6.49. The Morgan fingerprint density at radius 1 is 1.10 bits per heavy atom. The number of carbonyl (C=O) groups excluding carboxylic acids is 3. The van der Waals surface area contributed by atoms with Gasteiger partial charge >= 0.3 is 6.09 Å². The van der Waals surface area contributed by atoms with E-state index in [4.69, 9.17) is 4.74 Å². The molecule has 7 heteroatoms. The highest BCUT2D eigenvalue weighted by molar-refractivity contribution is 7.19. The van der Waals surface area contributed by atoms with Crippen LogP contribution in [-0.2, 0) is 27.4 Å². The van der Waals surface area contributed by atoms with Gasteiger partial charge in [0.1, 0.15) is 6.61 Å². The van der Waals surface area contributed by atoms with E-state index < -0.39 is 24.0 Å². The molecule has 5 rings (SSSR count). The topological polar surface area (TPSA) is 75.7 Å². The number of amides is 3. The lowest BCUT2D eigenvalue weighted by molar-refractivity contribution is -0.138. The van der Waals surface area contributed by atoms with Crippen molar-refractivity contribution in [2.45, 2.75) is 19.1 Å². The van der Waals surface area contributed by atoms with E-state index in [1.165, 1.54) is 11.9 Å². The first kappa shape index (κ1) is 18.8. The van der Waals surface area contributed by atoms with Crippen LogP contribution in [0.3, 0.4) is 0 Å². The van der Waals surface area contributed by atoms with E-state index in [0.717, 1.165) is 26.1 Å². The van der Waals surface area contributed by atoms with Crippen molar-refractivity contribution < 1.29 is 19.1 Å². The van der Waals surface area contributed by atoms with Gasteiger partial charge in [-0.25, -0.2) is 4.79 Å². The van der Waals surface area contributed by atoms with Crippen LogP contribution in [-0.4, -0.2) is 29.9 Å². The summed E-state index contributed by atoms with van der Waals surface area (Å²) in [7, 11) is 1.51. The standard InChI is InChI=1S/C23H20N2O4S/c1-25-21(26)16-11-15-14-9-5-6-10-17(14)30-20(15)19(18(16)22(25)27)24-23(28)29-12-13-7-3-2-4-8-13/h2-10,16,18-19H,11-12H2,1H3,(H,24,28)/t16-,18-,19-/m0/s1. The summed E-state index contributed by atoms with van der Waals surface area (Å²) in [5.74, 6) is -1.50. The number of fused-ring (bicyclic) bond motifs is 4. The predicted octanol–water partition coefficient (Wildman–Crippen LogP) is 3.66. The molecule has 0 radical (unpaired) electrons. The molecule has 152 valence electrons. The zero-order valence-electron chi connectivity index (χ0n) is 16.3. The molecule has 6 nitrogen and oxygen atoms in total. The van der Waals surface area contributed by atoms with E-state index in [0.29, 0.717) is 6.42 Å². The lowest BCUT2D eigenvalue weighted by Crippen LogP contribution is -2.41. The number of ether oxygens (including phenoxy) is 1. The maximum atomic E-state index is 12.9. The Balaban J connectivity index is 1.47. The van der Waals surface area contributed by atoms with Crippen molar-refractivity contribution >= 4 is 39.3 Å². The van der Waals surface area contributed by atoms with Crippen molar-refractivity contribution in [2.24, 2.45) is 11.8 Å². The normalized spacial score (nSPS) is 22.7. The number of nitrogens with one attached hydrogen (secondary N) is 1. The first-order valence-corrected chi connectivity index (χ1v) is 10.6. The molecule has 3 aromatic rings. The Morgan fingerprint density at radius 3 is 2.63 bits per heavy atom. The second-order valence-corrected chi connectivity index (χ2v) is 8.78. The van der Waals surface area contributed by atoms with Crippen molar-refractivity contribution in [3.05, 3.63) is 70.6 Å². The maximum absolute atomic E-state index is 12.9. The van der Waals surface area contributed by atoms with Crippen LogP contribution in [0.15, 0.2) is 54.6 Å². The fourth-order valence-electron chi connectivity index (χ4n) is 4.51. The summed E-state index contributed by atoms with van der Waals surface area (Å²) in [6, 6.07) is 16.8. The highest BCUT2D eigenvalue weighted by Crippen LogP contribution is 2.49. The van der Waals surface area contributed by atoms with Gasteiger partial charge in [-0.3, -0.25) is 14.5 Å². The Kier molecular flexibility index (Phi) is 4.55. The smallest absolute Gasteiger partial charge is 0.408 e. The van der Waals surface area contributed by atoms with Gasteiger partial charge in [-0.1, -0.05) is 48.5 Å². The summed E-state index contributed by atoms with van der Waals surface area (Å²) in [6.45, 7) is 0.138. The van der Waals surface area contributed by atoms with E-state index in [-0.39, 0.29) is 18.4 Å². The van der Waals surface area contributed by atoms with Crippen LogP contribution in [0.1, 0.15) is 22.0 Å². The highest BCUT2D eigenvalue weighted by Gasteiger charge is 2.54. The molecule has 1 saturated heterocycles. The maximum Gasteiger partial charge on any atom is 0.408 e. The van der Waals surface area contributed by atoms with Crippen LogP contribution in [0.2, 0.25) is 0 Å². The van der Waals surface area contributed by atoms with Gasteiger partial charge < -0.3 is 10.1 Å². The van der Waals surface area contributed by atoms with Gasteiger partial charge in [0.25, 0.3) is 0 Å². The zero-order chi connectivity index (χ0) is 20.8. The number of thiophene rings is 1. The molecule has 0 bridgehead atoms. The van der Waals surface area contributed by atoms with Crippen LogP contribution in [0.4, 0.5) is 4.79 Å².